The molecule has 6 heteroatoms. The number of benzene rings is 3. The fourth-order valence-corrected chi connectivity index (χ4v) is 4.64. The molecule has 1 aromatic heterocycles. The van der Waals surface area contributed by atoms with Crippen LogP contribution in [0.25, 0.3) is 10.9 Å². The minimum atomic E-state index is -0.599. The van der Waals surface area contributed by atoms with Gasteiger partial charge in [-0.25, -0.2) is 0 Å². The number of hydrogen-bond acceptors (Lipinski definition) is 3. The summed E-state index contributed by atoms with van der Waals surface area (Å²) in [6, 6.07) is 22.1. The number of aromatic amines is 1. The molecule has 2 N–H and O–H groups in total. The Kier molecular flexibility index (Phi) is 4.90. The average molecular weight is 425 g/mol. The Morgan fingerprint density at radius 2 is 1.69 bits per heavy atom. The normalized spacial score (nSPS) is 17.8. The molecule has 32 heavy (non-hydrogen) atoms. The van der Waals surface area contributed by atoms with Gasteiger partial charge in [-0.05, 0) is 29.8 Å². The highest BCUT2D eigenvalue weighted by molar-refractivity contribution is 6.05. The molecule has 3 aromatic carbocycles. The van der Waals surface area contributed by atoms with Crippen LogP contribution in [0.5, 0.6) is 5.75 Å². The number of para-hydroxylation sites is 3. The smallest absolute Gasteiger partial charge is 0.254 e. The van der Waals surface area contributed by atoms with Crippen LogP contribution in [0.3, 0.4) is 0 Å². The first-order valence-corrected chi connectivity index (χ1v) is 10.5. The van der Waals surface area contributed by atoms with E-state index in [1.54, 1.807) is 37.3 Å². The number of nitrogens with one attached hydrogen (secondary N) is 2. The first-order chi connectivity index (χ1) is 15.6. The predicted octanol–water partition coefficient (Wildman–Crippen LogP) is 4.73. The molecule has 1 aliphatic heterocycles. The van der Waals surface area contributed by atoms with Crippen molar-refractivity contribution < 1.29 is 14.3 Å². The van der Waals surface area contributed by atoms with Gasteiger partial charge in [0.25, 0.3) is 5.91 Å². The van der Waals surface area contributed by atoms with Crippen molar-refractivity contribution >= 4 is 28.4 Å². The van der Waals surface area contributed by atoms with Crippen LogP contribution in [-0.4, -0.2) is 35.9 Å². The lowest BCUT2D eigenvalue weighted by Crippen LogP contribution is -2.44. The molecule has 2 amide bonds. The topological polar surface area (TPSA) is 74.4 Å². The number of carbonyl (C=O) groups is 2. The van der Waals surface area contributed by atoms with E-state index in [4.69, 9.17) is 4.74 Å². The minimum Gasteiger partial charge on any atom is -0.495 e. The lowest BCUT2D eigenvalue weighted by Gasteiger charge is -2.39. The number of anilines is 1. The molecule has 0 saturated carbocycles. The number of likely N-dealkylation sites (N-methyl/N-ethyl adjacent to an activating group) is 1. The quantitative estimate of drug-likeness (QED) is 0.497. The molecular weight excluding hydrogens is 402 g/mol. The standard InChI is InChI=1S/C26H23N3O3/c1-29-24(19-15-27-20-12-6-5-9-16(19)20)23(17-10-3-4-11-18(17)26(29)31)25(30)28-21-13-7-8-14-22(21)32-2/h3-15,23-24,27H,1-2H3,(H,28,30)/t23-,24-/m1/s1. The predicted molar refractivity (Wildman–Crippen MR) is 124 cm³/mol. The van der Waals surface area contributed by atoms with Gasteiger partial charge in [0.2, 0.25) is 5.91 Å². The van der Waals surface area contributed by atoms with Crippen LogP contribution in [0.2, 0.25) is 0 Å². The molecule has 0 aliphatic carbocycles. The van der Waals surface area contributed by atoms with Gasteiger partial charge in [-0.15, -0.1) is 0 Å². The Morgan fingerprint density at radius 3 is 2.53 bits per heavy atom. The number of amides is 2. The fraction of sp³-hybridized carbons (Fsp3) is 0.154. The summed E-state index contributed by atoms with van der Waals surface area (Å²) in [6.07, 6.45) is 1.90. The Morgan fingerprint density at radius 1 is 0.969 bits per heavy atom. The van der Waals surface area contributed by atoms with Gasteiger partial charge in [0, 0.05) is 35.3 Å². The zero-order chi connectivity index (χ0) is 22.2. The summed E-state index contributed by atoms with van der Waals surface area (Å²) in [7, 11) is 3.33. The maximum Gasteiger partial charge on any atom is 0.254 e. The van der Waals surface area contributed by atoms with E-state index in [1.165, 1.54) is 0 Å². The number of fused-ring (bicyclic) bond motifs is 2. The zero-order valence-corrected chi connectivity index (χ0v) is 17.8. The second kappa shape index (κ2) is 7.89. The van der Waals surface area contributed by atoms with Gasteiger partial charge in [-0.2, -0.15) is 0 Å². The number of rotatable bonds is 4. The molecule has 2 heterocycles. The summed E-state index contributed by atoms with van der Waals surface area (Å²) >= 11 is 0. The van der Waals surface area contributed by atoms with Crippen molar-refractivity contribution in [2.75, 3.05) is 19.5 Å². The number of nitrogens with zero attached hydrogens (tertiary/aromatic N) is 1. The SMILES string of the molecule is COc1ccccc1NC(=O)[C@@H]1c2ccccc2C(=O)N(C)[C@@H]1c1c[nH]c2ccccc12. The lowest BCUT2D eigenvalue weighted by atomic mass is 9.79. The summed E-state index contributed by atoms with van der Waals surface area (Å²) in [6.45, 7) is 0. The second-order valence-electron chi connectivity index (χ2n) is 7.90. The lowest BCUT2D eigenvalue weighted by molar-refractivity contribution is -0.119. The van der Waals surface area contributed by atoms with Crippen molar-refractivity contribution in [2.45, 2.75) is 12.0 Å². The molecule has 6 nitrogen and oxygen atoms in total. The Balaban J connectivity index is 1.66. The van der Waals surface area contributed by atoms with Crippen molar-refractivity contribution in [2.24, 2.45) is 0 Å². The number of ether oxygens (including phenoxy) is 1. The molecule has 2 atom stereocenters. The van der Waals surface area contributed by atoms with Crippen LogP contribution in [-0.2, 0) is 4.79 Å². The van der Waals surface area contributed by atoms with Crippen molar-refractivity contribution in [3.63, 3.8) is 0 Å². The average Bonchev–Trinajstić information content (AvgIpc) is 3.25. The van der Waals surface area contributed by atoms with Gasteiger partial charge >= 0.3 is 0 Å². The van der Waals surface area contributed by atoms with E-state index in [2.05, 4.69) is 10.3 Å². The summed E-state index contributed by atoms with van der Waals surface area (Å²) in [5.74, 6) is -0.315. The van der Waals surface area contributed by atoms with Gasteiger partial charge < -0.3 is 19.9 Å². The summed E-state index contributed by atoms with van der Waals surface area (Å²) < 4.78 is 5.41. The van der Waals surface area contributed by atoms with E-state index in [0.29, 0.717) is 17.0 Å². The van der Waals surface area contributed by atoms with Crippen LogP contribution in [0, 0.1) is 0 Å². The molecule has 1 aliphatic rings. The highest BCUT2D eigenvalue weighted by Crippen LogP contribution is 2.44. The number of aromatic nitrogens is 1. The van der Waals surface area contributed by atoms with Crippen molar-refractivity contribution in [3.8, 4) is 5.75 Å². The van der Waals surface area contributed by atoms with E-state index in [1.807, 2.05) is 60.8 Å². The zero-order valence-electron chi connectivity index (χ0n) is 17.8. The third-order valence-corrected chi connectivity index (χ3v) is 6.17. The number of methoxy groups -OCH3 is 1. The van der Waals surface area contributed by atoms with Gasteiger partial charge in [-0.3, -0.25) is 9.59 Å². The summed E-state index contributed by atoms with van der Waals surface area (Å²) in [4.78, 5) is 32.0. The van der Waals surface area contributed by atoms with E-state index in [-0.39, 0.29) is 11.8 Å². The summed E-state index contributed by atoms with van der Waals surface area (Å²) in [5, 5.41) is 4.03. The molecule has 0 unspecified atom stereocenters. The van der Waals surface area contributed by atoms with Crippen molar-refractivity contribution in [1.29, 1.82) is 0 Å². The van der Waals surface area contributed by atoms with Crippen LogP contribution in [0.4, 0.5) is 5.69 Å². The molecule has 160 valence electrons. The van der Waals surface area contributed by atoms with E-state index in [0.717, 1.165) is 22.0 Å². The van der Waals surface area contributed by atoms with Gasteiger partial charge in [0.05, 0.1) is 24.8 Å². The molecule has 5 rings (SSSR count). The molecule has 0 saturated heterocycles. The number of H-pyrrole nitrogens is 1. The van der Waals surface area contributed by atoms with Crippen molar-refractivity contribution in [1.82, 2.24) is 9.88 Å². The molecule has 0 radical (unpaired) electrons. The highest BCUT2D eigenvalue weighted by atomic mass is 16.5. The molecular formula is C26H23N3O3. The van der Waals surface area contributed by atoms with E-state index in [9.17, 15) is 9.59 Å². The largest absolute Gasteiger partial charge is 0.495 e. The highest BCUT2D eigenvalue weighted by Gasteiger charge is 2.43. The van der Waals surface area contributed by atoms with Crippen LogP contribution < -0.4 is 10.1 Å². The molecule has 0 fully saturated rings. The third-order valence-electron chi connectivity index (χ3n) is 6.17. The molecule has 0 spiro atoms. The van der Waals surface area contributed by atoms with Crippen molar-refractivity contribution in [3.05, 3.63) is 95.7 Å². The Hall–Kier alpha value is -4.06. The fourth-order valence-electron chi connectivity index (χ4n) is 4.64. The van der Waals surface area contributed by atoms with E-state index < -0.39 is 12.0 Å². The third kappa shape index (κ3) is 3.12. The Labute approximate surface area is 185 Å². The summed E-state index contributed by atoms with van der Waals surface area (Å²) in [5.41, 5.74) is 3.73. The first-order valence-electron chi connectivity index (χ1n) is 10.5. The minimum absolute atomic E-state index is 0.0998. The number of hydrogen-bond donors (Lipinski definition) is 2. The second-order valence-corrected chi connectivity index (χ2v) is 7.90. The maximum absolute atomic E-state index is 13.8. The molecule has 0 bridgehead atoms. The maximum atomic E-state index is 13.8. The van der Waals surface area contributed by atoms with Gasteiger partial charge in [0.1, 0.15) is 5.75 Å². The van der Waals surface area contributed by atoms with Crippen LogP contribution >= 0.6 is 0 Å². The van der Waals surface area contributed by atoms with Gasteiger partial charge in [0.15, 0.2) is 0 Å². The van der Waals surface area contributed by atoms with Gasteiger partial charge in [-0.1, -0.05) is 48.5 Å². The van der Waals surface area contributed by atoms with Crippen LogP contribution in [0.15, 0.2) is 79.0 Å². The van der Waals surface area contributed by atoms with E-state index >= 15 is 0 Å². The number of carbonyl (C=O) groups excluding carboxylic acids is 2. The monoisotopic (exact) mass is 425 g/mol. The first kappa shape index (κ1) is 19.9. The molecule has 4 aromatic rings. The Bertz CT molecular complexity index is 1330. The van der Waals surface area contributed by atoms with Crippen LogP contribution in [0.1, 0.15) is 33.4 Å².